The van der Waals surface area contributed by atoms with Crippen molar-refractivity contribution < 1.29 is 59.7 Å². The monoisotopic (exact) mass is 669 g/mol. The van der Waals surface area contributed by atoms with Gasteiger partial charge in [0.2, 0.25) is 5.78 Å². The maximum atomic E-state index is 13.8. The Morgan fingerprint density at radius 2 is 1.38 bits per heavy atom. The van der Waals surface area contributed by atoms with Crippen LogP contribution < -0.4 is 5.32 Å². The molecule has 1 aliphatic carbocycles. The highest BCUT2D eigenvalue weighted by Crippen LogP contribution is 2.42. The Balaban J connectivity index is 1.89. The van der Waals surface area contributed by atoms with Gasteiger partial charge < -0.3 is 45.8 Å². The SMILES string of the molecule is C/C1=C\C2C(O)O[C@@H]([C@H](C)[C@H](O)[C@H](C)[C@@H](O)[C@@H](C)/C=C/C=C(/CO)C(=O)NC3=CC(=O)c4c(c(O)c(C)c(O)c4C1=O)C3=O)[C@H](C)[C@H]2O. The first kappa shape index (κ1) is 36.8. The van der Waals surface area contributed by atoms with E-state index in [0.29, 0.717) is 0 Å². The van der Waals surface area contributed by atoms with E-state index in [-0.39, 0.29) is 16.7 Å². The Bertz CT molecular complexity index is 1640. The van der Waals surface area contributed by atoms with Crippen LogP contribution in [0.4, 0.5) is 0 Å². The highest BCUT2D eigenvalue weighted by Gasteiger charge is 2.46. The molecule has 2 unspecified atom stereocenters. The largest absolute Gasteiger partial charge is 0.507 e. The molecule has 0 radical (unpaired) electrons. The lowest BCUT2D eigenvalue weighted by Gasteiger charge is -2.45. The van der Waals surface area contributed by atoms with E-state index in [1.54, 1.807) is 33.8 Å². The van der Waals surface area contributed by atoms with Gasteiger partial charge in [-0.15, -0.1) is 0 Å². The van der Waals surface area contributed by atoms with Gasteiger partial charge in [0.15, 0.2) is 17.9 Å². The van der Waals surface area contributed by atoms with Crippen LogP contribution in [-0.4, -0.2) is 96.3 Å². The van der Waals surface area contributed by atoms with Crippen molar-refractivity contribution in [3.63, 3.8) is 0 Å². The summed E-state index contributed by atoms with van der Waals surface area (Å²) in [5, 5.41) is 78.5. The van der Waals surface area contributed by atoms with E-state index >= 15 is 0 Å². The van der Waals surface area contributed by atoms with Gasteiger partial charge in [-0.25, -0.2) is 0 Å². The second kappa shape index (κ2) is 14.2. The van der Waals surface area contributed by atoms with E-state index in [2.05, 4.69) is 5.32 Å². The summed E-state index contributed by atoms with van der Waals surface area (Å²) in [7, 11) is 0. The summed E-state index contributed by atoms with van der Waals surface area (Å²) >= 11 is 0. The maximum Gasteiger partial charge on any atom is 0.254 e. The summed E-state index contributed by atoms with van der Waals surface area (Å²) in [6.45, 7) is 8.38. The summed E-state index contributed by atoms with van der Waals surface area (Å²) in [5.74, 6) is -9.29. The first-order valence-electron chi connectivity index (χ1n) is 15.7. The summed E-state index contributed by atoms with van der Waals surface area (Å²) in [6, 6.07) is 0. The fourth-order valence-electron chi connectivity index (χ4n) is 6.69. The molecular weight excluding hydrogens is 626 g/mol. The van der Waals surface area contributed by atoms with Crippen LogP contribution in [0.3, 0.4) is 0 Å². The first-order chi connectivity index (χ1) is 22.4. The molecule has 13 nitrogen and oxygen atoms in total. The second-order valence-corrected chi connectivity index (χ2v) is 13.0. The molecule has 4 heterocycles. The Kier molecular flexibility index (Phi) is 10.9. The smallest absolute Gasteiger partial charge is 0.254 e. The molecule has 6 rings (SSSR count). The Morgan fingerprint density at radius 1 is 0.792 bits per heavy atom. The number of nitrogens with one attached hydrogen (secondary N) is 1. The molecule has 10 atom stereocenters. The molecule has 48 heavy (non-hydrogen) atoms. The molecule has 0 spiro atoms. The number of benzene rings is 1. The predicted molar refractivity (Wildman–Crippen MR) is 171 cm³/mol. The molecule has 1 amide bonds. The number of aliphatic hydroxyl groups is 5. The molecule has 5 aliphatic rings. The van der Waals surface area contributed by atoms with Gasteiger partial charge in [-0.05, 0) is 19.4 Å². The van der Waals surface area contributed by atoms with Crippen molar-refractivity contribution in [2.45, 2.75) is 72.2 Å². The van der Waals surface area contributed by atoms with Crippen molar-refractivity contribution in [2.24, 2.45) is 29.6 Å². The quantitative estimate of drug-likeness (QED) is 0.212. The fourth-order valence-corrected chi connectivity index (χ4v) is 6.69. The van der Waals surface area contributed by atoms with E-state index in [9.17, 15) is 54.9 Å². The summed E-state index contributed by atoms with van der Waals surface area (Å²) in [5.41, 5.74) is -3.03. The van der Waals surface area contributed by atoms with Crippen molar-refractivity contribution in [1.82, 2.24) is 5.32 Å². The molecule has 260 valence electrons. The highest BCUT2D eigenvalue weighted by atomic mass is 16.6. The third-order valence-corrected chi connectivity index (χ3v) is 9.88. The normalized spacial score (nSPS) is 36.5. The van der Waals surface area contributed by atoms with Gasteiger partial charge in [-0.2, -0.15) is 0 Å². The van der Waals surface area contributed by atoms with Gasteiger partial charge in [-0.3, -0.25) is 19.2 Å². The summed E-state index contributed by atoms with van der Waals surface area (Å²) in [6.07, 6.45) is 0.114. The molecule has 0 saturated carbocycles. The number of ether oxygens (including phenoxy) is 1. The van der Waals surface area contributed by atoms with E-state index in [0.717, 1.165) is 6.08 Å². The number of phenolic OH excluding ortho intramolecular Hbond substituents is 2. The minimum atomic E-state index is -1.64. The van der Waals surface area contributed by atoms with Crippen LogP contribution in [-0.2, 0) is 9.53 Å². The Morgan fingerprint density at radius 3 is 1.98 bits per heavy atom. The topological polar surface area (TPSA) is 231 Å². The number of amides is 1. The number of aromatic hydroxyl groups is 2. The number of aliphatic hydroxyl groups excluding tert-OH is 5. The highest BCUT2D eigenvalue weighted by molar-refractivity contribution is 6.31. The van der Waals surface area contributed by atoms with Crippen molar-refractivity contribution in [3.8, 4) is 11.5 Å². The van der Waals surface area contributed by atoms with E-state index < -0.39 is 124 Å². The molecule has 8 N–H and O–H groups in total. The number of ketones is 3. The fraction of sp³-hybridized carbons (Fsp3) is 0.486. The third-order valence-electron chi connectivity index (χ3n) is 9.88. The second-order valence-electron chi connectivity index (χ2n) is 13.0. The Hall–Kier alpha value is -3.98. The molecule has 1 aromatic carbocycles. The number of Topliss-reactive ketones (excluding diaryl/α,β-unsaturated/α-hetero) is 2. The van der Waals surface area contributed by atoms with Gasteiger partial charge in [0.1, 0.15) is 11.5 Å². The lowest BCUT2D eigenvalue weighted by Crippen LogP contribution is -2.54. The van der Waals surface area contributed by atoms with Crippen LogP contribution in [0.1, 0.15) is 71.3 Å². The molecule has 6 bridgehead atoms. The zero-order valence-electron chi connectivity index (χ0n) is 27.5. The number of phenols is 2. The molecule has 4 aliphatic heterocycles. The van der Waals surface area contributed by atoms with E-state index in [1.165, 1.54) is 32.1 Å². The number of allylic oxidation sites excluding steroid dienone is 5. The van der Waals surface area contributed by atoms with Crippen molar-refractivity contribution >= 4 is 23.3 Å². The number of hydrogen-bond donors (Lipinski definition) is 8. The number of rotatable bonds is 1. The number of hydrogen-bond acceptors (Lipinski definition) is 12. The average molecular weight is 670 g/mol. The van der Waals surface area contributed by atoms with Gasteiger partial charge in [0.25, 0.3) is 5.91 Å². The predicted octanol–water partition coefficient (Wildman–Crippen LogP) is 1.36. The van der Waals surface area contributed by atoms with Gasteiger partial charge in [0, 0.05) is 40.9 Å². The lowest BCUT2D eigenvalue weighted by atomic mass is 9.75. The first-order valence-corrected chi connectivity index (χ1v) is 15.7. The number of fused-ring (bicyclic) bond motifs is 1. The minimum Gasteiger partial charge on any atom is -0.507 e. The maximum absolute atomic E-state index is 13.8. The molecule has 1 aromatic rings. The minimum absolute atomic E-state index is 0.138. The van der Waals surface area contributed by atoms with Gasteiger partial charge in [-0.1, -0.05) is 52.0 Å². The van der Waals surface area contributed by atoms with E-state index in [4.69, 9.17) is 4.74 Å². The zero-order chi connectivity index (χ0) is 35.9. The van der Waals surface area contributed by atoms with Crippen molar-refractivity contribution in [2.75, 3.05) is 6.61 Å². The van der Waals surface area contributed by atoms with Crippen LogP contribution in [0, 0.1) is 36.5 Å². The molecule has 1 fully saturated rings. The summed E-state index contributed by atoms with van der Waals surface area (Å²) in [4.78, 5) is 53.9. The van der Waals surface area contributed by atoms with E-state index in [1.807, 2.05) is 0 Å². The van der Waals surface area contributed by atoms with Crippen molar-refractivity contribution in [3.05, 3.63) is 69.5 Å². The molecule has 13 heteroatoms. The summed E-state index contributed by atoms with van der Waals surface area (Å²) < 4.78 is 5.88. The van der Waals surface area contributed by atoms with Crippen LogP contribution in [0.15, 0.2) is 47.2 Å². The number of carbonyl (C=O) groups is 4. The van der Waals surface area contributed by atoms with Crippen LogP contribution in [0.5, 0.6) is 11.5 Å². The Labute approximate surface area is 277 Å². The van der Waals surface area contributed by atoms with Crippen LogP contribution >= 0.6 is 0 Å². The van der Waals surface area contributed by atoms with Gasteiger partial charge in [0.05, 0.1) is 59.3 Å². The van der Waals surface area contributed by atoms with Crippen LogP contribution in [0.25, 0.3) is 0 Å². The molecule has 0 aromatic heterocycles. The van der Waals surface area contributed by atoms with Gasteiger partial charge >= 0.3 is 0 Å². The molecule has 1 saturated heterocycles. The average Bonchev–Trinajstić information content (AvgIpc) is 3.05. The van der Waals surface area contributed by atoms with Crippen molar-refractivity contribution in [1.29, 1.82) is 0 Å². The molecular formula is C35H43NO12. The standard InChI is InChI=1S/C35H43NO12/c1-13-8-7-9-19(12-37)34(46)36-21-11-22(38)23-24(30(43)16(4)31(44)25(23)32(21)45)27(40)14(2)10-20-29(42)18(6)33(48-35(20)47)17(5)28(41)15(3)26(13)39/h7-11,13,15,17-18,20,26,28-29,33,35,37,39,41-44,47H,12H2,1-6H3,(H,36,46)/b8-7+,14-10+,19-9-/t13-,15+,17+,18+,20?,26-,28+,29+,33-,35?/m0/s1. The third kappa shape index (κ3) is 6.53. The lowest BCUT2D eigenvalue weighted by molar-refractivity contribution is -0.254. The van der Waals surface area contributed by atoms with Crippen LogP contribution in [0.2, 0.25) is 0 Å². The zero-order valence-corrected chi connectivity index (χ0v) is 27.5. The number of carbonyl (C=O) groups excluding carboxylic acids is 4.